The van der Waals surface area contributed by atoms with Crippen LogP contribution in [0.25, 0.3) is 0 Å². The summed E-state index contributed by atoms with van der Waals surface area (Å²) in [5.41, 5.74) is 0. The van der Waals surface area contributed by atoms with Gasteiger partial charge in [0.25, 0.3) is 0 Å². The van der Waals surface area contributed by atoms with E-state index in [1.54, 1.807) is 6.08 Å². The lowest BCUT2D eigenvalue weighted by Gasteiger charge is -2.17. The van der Waals surface area contributed by atoms with Gasteiger partial charge in [-0.05, 0) is 18.9 Å². The van der Waals surface area contributed by atoms with E-state index in [-0.39, 0.29) is 11.8 Å². The van der Waals surface area contributed by atoms with Crippen molar-refractivity contribution < 1.29 is 8.42 Å². The van der Waals surface area contributed by atoms with Crippen LogP contribution in [0.2, 0.25) is 0 Å². The summed E-state index contributed by atoms with van der Waals surface area (Å²) in [6.45, 7) is 5.33. The maximum absolute atomic E-state index is 11.2. The number of unbranched alkanes of at least 4 members (excludes halogenated alkanes) is 1. The average Bonchev–Trinajstić information content (AvgIpc) is 2.59. The summed E-state index contributed by atoms with van der Waals surface area (Å²) in [6, 6.07) is 0.0284. The summed E-state index contributed by atoms with van der Waals surface area (Å²) in [5, 5.41) is 4.66. The van der Waals surface area contributed by atoms with Gasteiger partial charge in [0.15, 0.2) is 9.84 Å². The fraction of sp³-hybridized carbons (Fsp3) is 0.833. The molecule has 0 saturated heterocycles. The first-order chi connectivity index (χ1) is 7.57. The summed E-state index contributed by atoms with van der Waals surface area (Å²) < 4.78 is 22.4. The molecule has 0 aromatic rings. The second-order valence-corrected chi connectivity index (χ2v) is 6.52. The molecule has 1 rings (SSSR count). The van der Waals surface area contributed by atoms with E-state index in [1.165, 1.54) is 24.7 Å². The molecule has 0 aromatic carbocycles. The number of hydrogen-bond donors (Lipinski definition) is 1. The van der Waals surface area contributed by atoms with Crippen molar-refractivity contribution in [3.63, 3.8) is 0 Å². The molecule has 0 saturated carbocycles. The molecule has 0 radical (unpaired) electrons. The first-order valence-electron chi connectivity index (χ1n) is 6.21. The minimum atomic E-state index is -2.91. The van der Waals surface area contributed by atoms with Gasteiger partial charge in [-0.15, -0.1) is 0 Å². The Morgan fingerprint density at radius 3 is 2.69 bits per heavy atom. The van der Waals surface area contributed by atoms with E-state index in [4.69, 9.17) is 0 Å². The second kappa shape index (κ2) is 6.40. The fourth-order valence-electron chi connectivity index (χ4n) is 1.96. The van der Waals surface area contributed by atoms with Gasteiger partial charge in [0, 0.05) is 11.4 Å². The first-order valence-corrected chi connectivity index (χ1v) is 7.93. The van der Waals surface area contributed by atoms with Crippen LogP contribution in [0, 0.1) is 5.92 Å². The SMILES string of the molecule is CCCCC(CC)CNC1C=CS(=O)(=O)C1. The Bertz CT molecular complexity index is 322. The van der Waals surface area contributed by atoms with Crippen molar-refractivity contribution in [2.45, 2.75) is 45.6 Å². The Morgan fingerprint density at radius 2 is 2.19 bits per heavy atom. The normalized spacial score (nSPS) is 24.8. The number of hydrogen-bond acceptors (Lipinski definition) is 3. The van der Waals surface area contributed by atoms with Crippen LogP contribution < -0.4 is 5.32 Å². The molecule has 1 N–H and O–H groups in total. The van der Waals surface area contributed by atoms with Crippen molar-refractivity contribution >= 4 is 9.84 Å². The lowest BCUT2D eigenvalue weighted by Crippen LogP contribution is -2.34. The van der Waals surface area contributed by atoms with Crippen molar-refractivity contribution in [2.24, 2.45) is 5.92 Å². The van der Waals surface area contributed by atoms with Gasteiger partial charge in [-0.1, -0.05) is 39.2 Å². The molecule has 3 nitrogen and oxygen atoms in total. The molecule has 0 aliphatic carbocycles. The molecule has 2 unspecified atom stereocenters. The molecule has 1 heterocycles. The highest BCUT2D eigenvalue weighted by atomic mass is 32.2. The van der Waals surface area contributed by atoms with Gasteiger partial charge in [0.1, 0.15) is 0 Å². The predicted octanol–water partition coefficient (Wildman–Crippen LogP) is 2.10. The standard InChI is InChI=1S/C12H23NO2S/c1-3-5-6-11(4-2)9-13-12-7-8-16(14,15)10-12/h7-8,11-13H,3-6,9-10H2,1-2H3. The van der Waals surface area contributed by atoms with Crippen LogP contribution >= 0.6 is 0 Å². The van der Waals surface area contributed by atoms with E-state index < -0.39 is 9.84 Å². The Morgan fingerprint density at radius 1 is 1.44 bits per heavy atom. The lowest BCUT2D eigenvalue weighted by molar-refractivity contribution is 0.412. The second-order valence-electron chi connectivity index (χ2n) is 4.59. The van der Waals surface area contributed by atoms with Crippen LogP contribution in [0.5, 0.6) is 0 Å². The Labute approximate surface area is 99.2 Å². The van der Waals surface area contributed by atoms with Crippen molar-refractivity contribution in [3.05, 3.63) is 11.5 Å². The molecule has 2 atom stereocenters. The fourth-order valence-corrected chi connectivity index (χ4v) is 3.23. The number of rotatable bonds is 7. The van der Waals surface area contributed by atoms with Crippen molar-refractivity contribution in [2.75, 3.05) is 12.3 Å². The van der Waals surface area contributed by atoms with Crippen LogP contribution in [-0.2, 0) is 9.84 Å². The summed E-state index contributed by atoms with van der Waals surface area (Å²) in [5.74, 6) is 0.911. The van der Waals surface area contributed by atoms with Gasteiger partial charge in [0.05, 0.1) is 5.75 Å². The molecule has 4 heteroatoms. The third kappa shape index (κ3) is 4.66. The van der Waals surface area contributed by atoms with E-state index in [0.29, 0.717) is 5.92 Å². The van der Waals surface area contributed by atoms with Gasteiger partial charge in [-0.3, -0.25) is 0 Å². The predicted molar refractivity (Wildman–Crippen MR) is 68.0 cm³/mol. The minimum absolute atomic E-state index is 0.0284. The maximum Gasteiger partial charge on any atom is 0.173 e. The molecular weight excluding hydrogens is 222 g/mol. The van der Waals surface area contributed by atoms with Crippen LogP contribution in [0.3, 0.4) is 0 Å². The van der Waals surface area contributed by atoms with Crippen LogP contribution in [0.1, 0.15) is 39.5 Å². The molecular formula is C12H23NO2S. The maximum atomic E-state index is 11.2. The molecule has 0 aromatic heterocycles. The zero-order valence-electron chi connectivity index (χ0n) is 10.3. The van der Waals surface area contributed by atoms with Gasteiger partial charge >= 0.3 is 0 Å². The zero-order chi connectivity index (χ0) is 12.0. The number of sulfone groups is 1. The summed E-state index contributed by atoms with van der Waals surface area (Å²) in [7, 11) is -2.91. The summed E-state index contributed by atoms with van der Waals surface area (Å²) in [4.78, 5) is 0. The lowest BCUT2D eigenvalue weighted by atomic mass is 9.99. The first kappa shape index (κ1) is 13.7. The number of nitrogens with one attached hydrogen (secondary N) is 1. The quantitative estimate of drug-likeness (QED) is 0.747. The monoisotopic (exact) mass is 245 g/mol. The molecule has 0 fully saturated rings. The smallest absolute Gasteiger partial charge is 0.173 e. The molecule has 0 bridgehead atoms. The topological polar surface area (TPSA) is 46.2 Å². The van der Waals surface area contributed by atoms with Crippen LogP contribution in [0.4, 0.5) is 0 Å². The largest absolute Gasteiger partial charge is 0.309 e. The van der Waals surface area contributed by atoms with Gasteiger partial charge in [0.2, 0.25) is 0 Å². The molecule has 1 aliphatic heterocycles. The Kier molecular flexibility index (Phi) is 5.49. The highest BCUT2D eigenvalue weighted by Gasteiger charge is 2.21. The average molecular weight is 245 g/mol. The molecule has 0 amide bonds. The molecule has 1 aliphatic rings. The zero-order valence-corrected chi connectivity index (χ0v) is 11.1. The molecule has 0 spiro atoms. The highest BCUT2D eigenvalue weighted by molar-refractivity contribution is 7.94. The summed E-state index contributed by atoms with van der Waals surface area (Å²) >= 11 is 0. The van der Waals surface area contributed by atoms with Gasteiger partial charge < -0.3 is 5.32 Å². The van der Waals surface area contributed by atoms with Gasteiger partial charge in [-0.25, -0.2) is 8.42 Å². The van der Waals surface area contributed by atoms with Crippen molar-refractivity contribution in [3.8, 4) is 0 Å². The van der Waals surface area contributed by atoms with E-state index in [1.807, 2.05) is 0 Å². The van der Waals surface area contributed by atoms with E-state index in [0.717, 1.165) is 13.0 Å². The Balaban J connectivity index is 2.26. The minimum Gasteiger partial charge on any atom is -0.309 e. The molecule has 16 heavy (non-hydrogen) atoms. The third-order valence-electron chi connectivity index (χ3n) is 3.14. The third-order valence-corrected chi connectivity index (χ3v) is 4.54. The summed E-state index contributed by atoms with van der Waals surface area (Å²) in [6.07, 6.45) is 6.66. The van der Waals surface area contributed by atoms with Crippen LogP contribution in [0.15, 0.2) is 11.5 Å². The van der Waals surface area contributed by atoms with E-state index in [2.05, 4.69) is 19.2 Å². The van der Waals surface area contributed by atoms with E-state index >= 15 is 0 Å². The van der Waals surface area contributed by atoms with E-state index in [9.17, 15) is 8.42 Å². The van der Waals surface area contributed by atoms with Crippen molar-refractivity contribution in [1.29, 1.82) is 0 Å². The Hall–Kier alpha value is -0.350. The highest BCUT2D eigenvalue weighted by Crippen LogP contribution is 2.13. The van der Waals surface area contributed by atoms with Crippen LogP contribution in [-0.4, -0.2) is 26.8 Å². The van der Waals surface area contributed by atoms with Gasteiger partial charge in [-0.2, -0.15) is 0 Å². The van der Waals surface area contributed by atoms with Crippen molar-refractivity contribution in [1.82, 2.24) is 5.32 Å². The molecule has 94 valence electrons.